The van der Waals surface area contributed by atoms with Gasteiger partial charge >= 0.3 is 0 Å². The molecule has 0 spiro atoms. The average molecular weight is 224 g/mol. The summed E-state index contributed by atoms with van der Waals surface area (Å²) in [5, 5.41) is 13.9. The van der Waals surface area contributed by atoms with Crippen molar-refractivity contribution in [3.8, 4) is 6.07 Å². The van der Waals surface area contributed by atoms with Crippen molar-refractivity contribution in [3.05, 3.63) is 5.56 Å². The van der Waals surface area contributed by atoms with Crippen LogP contribution in [0.3, 0.4) is 0 Å². The van der Waals surface area contributed by atoms with E-state index in [4.69, 9.17) is 10.00 Å². The highest BCUT2D eigenvalue weighted by Gasteiger charge is 2.13. The Morgan fingerprint density at radius 2 is 2.47 bits per heavy atom. The van der Waals surface area contributed by atoms with Gasteiger partial charge in [0.15, 0.2) is 12.2 Å². The van der Waals surface area contributed by atoms with Crippen molar-refractivity contribution in [1.82, 2.24) is 9.78 Å². The molecule has 0 aliphatic heterocycles. The van der Waals surface area contributed by atoms with E-state index >= 15 is 0 Å². The van der Waals surface area contributed by atoms with E-state index in [-0.39, 0.29) is 0 Å². The first-order chi connectivity index (χ1) is 7.24. The van der Waals surface area contributed by atoms with E-state index in [0.717, 1.165) is 5.03 Å². The molecule has 0 aliphatic carbocycles. The number of thioether (sulfide) groups is 1. The summed E-state index contributed by atoms with van der Waals surface area (Å²) in [6.45, 7) is 2.41. The van der Waals surface area contributed by atoms with Crippen molar-refractivity contribution in [2.24, 2.45) is 12.0 Å². The quantitative estimate of drug-likeness (QED) is 0.443. The molecule has 0 atom stereocenters. The van der Waals surface area contributed by atoms with Crippen LogP contribution < -0.4 is 0 Å². The molecule has 1 rings (SSSR count). The van der Waals surface area contributed by atoms with E-state index in [2.05, 4.69) is 16.2 Å². The van der Waals surface area contributed by atoms with E-state index in [0.29, 0.717) is 18.0 Å². The molecule has 0 radical (unpaired) electrons. The topological polar surface area (TPSA) is 63.2 Å². The highest BCUT2D eigenvalue weighted by Crippen LogP contribution is 2.26. The van der Waals surface area contributed by atoms with Gasteiger partial charge < -0.3 is 4.74 Å². The molecule has 0 unspecified atom stereocenters. The average Bonchev–Trinajstić information content (AvgIpc) is 2.54. The molecule has 0 N–H and O–H groups in total. The van der Waals surface area contributed by atoms with Crippen LogP contribution in [0.1, 0.15) is 12.5 Å². The Morgan fingerprint density at radius 3 is 3.00 bits per heavy atom. The summed E-state index contributed by atoms with van der Waals surface area (Å²) in [7, 11) is 1.78. The van der Waals surface area contributed by atoms with Crippen LogP contribution in [0.2, 0.25) is 0 Å². The summed E-state index contributed by atoms with van der Waals surface area (Å²) in [4.78, 5) is 3.98. The molecule has 1 heterocycles. The normalized spacial score (nSPS) is 10.5. The maximum atomic E-state index is 8.97. The number of aryl methyl sites for hydroxylation is 1. The molecule has 0 amide bonds. The van der Waals surface area contributed by atoms with E-state index in [1.807, 2.05) is 13.2 Å². The Kier molecular flexibility index (Phi) is 4.18. The number of rotatable bonds is 4. The van der Waals surface area contributed by atoms with E-state index in [1.54, 1.807) is 11.7 Å². The summed E-state index contributed by atoms with van der Waals surface area (Å²) in [5.74, 6) is 0.401. The number of nitriles is 1. The first-order valence-electron chi connectivity index (χ1n) is 4.39. The Bertz CT molecular complexity index is 405. The maximum Gasteiger partial charge on any atom is 0.195 e. The molecule has 5 nitrogen and oxygen atoms in total. The number of aromatic nitrogens is 2. The lowest BCUT2D eigenvalue weighted by molar-refractivity contribution is 0.344. The monoisotopic (exact) mass is 224 g/mol. The third-order valence-corrected chi connectivity index (χ3v) is 2.55. The van der Waals surface area contributed by atoms with Crippen LogP contribution in [0.25, 0.3) is 0 Å². The van der Waals surface area contributed by atoms with E-state index in [1.165, 1.54) is 18.2 Å². The van der Waals surface area contributed by atoms with E-state index < -0.39 is 0 Å². The Balaban J connectivity index is 3.04. The molecule has 0 aliphatic rings. The van der Waals surface area contributed by atoms with Crippen molar-refractivity contribution < 1.29 is 4.74 Å². The molecule has 1 aromatic rings. The van der Waals surface area contributed by atoms with Crippen molar-refractivity contribution in [1.29, 1.82) is 5.26 Å². The highest BCUT2D eigenvalue weighted by atomic mass is 32.2. The van der Waals surface area contributed by atoms with Crippen molar-refractivity contribution in [3.63, 3.8) is 0 Å². The van der Waals surface area contributed by atoms with Gasteiger partial charge in [-0.15, -0.1) is 11.8 Å². The second-order valence-corrected chi connectivity index (χ2v) is 3.43. The largest absolute Gasteiger partial charge is 0.483 e. The third kappa shape index (κ3) is 2.50. The minimum Gasteiger partial charge on any atom is -0.483 e. The second-order valence-electron chi connectivity index (χ2n) is 2.63. The maximum absolute atomic E-state index is 8.97. The molecular formula is C9H12N4OS. The van der Waals surface area contributed by atoms with Crippen LogP contribution in [0.5, 0.6) is 0 Å². The first kappa shape index (κ1) is 11.6. The van der Waals surface area contributed by atoms with Gasteiger partial charge in [0.2, 0.25) is 0 Å². The zero-order chi connectivity index (χ0) is 11.3. The van der Waals surface area contributed by atoms with Crippen molar-refractivity contribution >= 4 is 24.0 Å². The summed E-state index contributed by atoms with van der Waals surface area (Å²) < 4.78 is 6.60. The minimum atomic E-state index is 0.401. The van der Waals surface area contributed by atoms with Gasteiger partial charge in [0.05, 0.1) is 6.61 Å². The van der Waals surface area contributed by atoms with Crippen LogP contribution in [-0.4, -0.2) is 29.0 Å². The minimum absolute atomic E-state index is 0.401. The number of ether oxygens (including phenoxy) is 1. The molecule has 1 aromatic heterocycles. The Morgan fingerprint density at radius 1 is 1.73 bits per heavy atom. The summed E-state index contributed by atoms with van der Waals surface area (Å²) in [6.07, 6.45) is 3.21. The van der Waals surface area contributed by atoms with Gasteiger partial charge in [-0.05, 0) is 13.2 Å². The second kappa shape index (κ2) is 5.41. The number of nitrogens with zero attached hydrogens (tertiary/aromatic N) is 4. The van der Waals surface area contributed by atoms with Gasteiger partial charge in [0.1, 0.15) is 16.7 Å². The summed E-state index contributed by atoms with van der Waals surface area (Å²) in [5.41, 5.74) is 0.487. The molecule has 0 saturated carbocycles. The lowest BCUT2D eigenvalue weighted by Crippen LogP contribution is -1.91. The number of hydrogen-bond acceptors (Lipinski definition) is 5. The molecule has 80 valence electrons. The zero-order valence-electron chi connectivity index (χ0n) is 8.89. The van der Waals surface area contributed by atoms with Crippen LogP contribution in [-0.2, 0) is 11.8 Å². The zero-order valence-corrected chi connectivity index (χ0v) is 9.71. The third-order valence-electron chi connectivity index (χ3n) is 1.70. The molecule has 0 bridgehead atoms. The Labute approximate surface area is 92.8 Å². The van der Waals surface area contributed by atoms with Gasteiger partial charge in [-0.3, -0.25) is 4.68 Å². The molecule has 0 fully saturated rings. The highest BCUT2D eigenvalue weighted by molar-refractivity contribution is 7.98. The summed E-state index contributed by atoms with van der Waals surface area (Å²) >= 11 is 1.47. The smallest absolute Gasteiger partial charge is 0.195 e. The molecule has 6 heteroatoms. The van der Waals surface area contributed by atoms with Crippen LogP contribution >= 0.6 is 11.8 Å². The molecule has 15 heavy (non-hydrogen) atoms. The van der Waals surface area contributed by atoms with Crippen LogP contribution in [0.4, 0.5) is 5.82 Å². The van der Waals surface area contributed by atoms with Crippen LogP contribution in [0.15, 0.2) is 10.0 Å². The van der Waals surface area contributed by atoms with Gasteiger partial charge in [-0.2, -0.15) is 15.4 Å². The molecule has 0 saturated heterocycles. The first-order valence-corrected chi connectivity index (χ1v) is 5.62. The lowest BCUT2D eigenvalue weighted by atomic mass is 10.4. The summed E-state index contributed by atoms with van der Waals surface area (Å²) in [6, 6.07) is 2.09. The number of aliphatic imine (C=N–C) groups is 1. The molecular weight excluding hydrogens is 212 g/mol. The van der Waals surface area contributed by atoms with Gasteiger partial charge in [0.25, 0.3) is 0 Å². The van der Waals surface area contributed by atoms with Gasteiger partial charge in [-0.1, -0.05) is 0 Å². The Hall–Kier alpha value is -1.48. The lowest BCUT2D eigenvalue weighted by Gasteiger charge is -1.94. The van der Waals surface area contributed by atoms with Gasteiger partial charge in [0, 0.05) is 7.05 Å². The predicted octanol–water partition coefficient (Wildman–Crippen LogP) is 1.71. The SMILES string of the molecule is CCOC=Nc1nn(C)c(SC)c1C#N. The van der Waals surface area contributed by atoms with Gasteiger partial charge in [-0.25, -0.2) is 0 Å². The fourth-order valence-corrected chi connectivity index (χ4v) is 1.73. The standard InChI is InChI=1S/C9H12N4OS/c1-4-14-6-11-8-7(5-10)9(15-3)13(2)12-8/h6H,4H2,1-3H3. The van der Waals surface area contributed by atoms with E-state index in [9.17, 15) is 0 Å². The number of hydrogen-bond donors (Lipinski definition) is 0. The molecule has 0 aromatic carbocycles. The fraction of sp³-hybridized carbons (Fsp3) is 0.444. The fourth-order valence-electron chi connectivity index (χ4n) is 1.08. The van der Waals surface area contributed by atoms with Crippen molar-refractivity contribution in [2.75, 3.05) is 12.9 Å². The van der Waals surface area contributed by atoms with Crippen molar-refractivity contribution in [2.45, 2.75) is 11.9 Å². The van der Waals surface area contributed by atoms with Crippen LogP contribution in [0, 0.1) is 11.3 Å². The predicted molar refractivity (Wildman–Crippen MR) is 59.5 cm³/mol.